The average Bonchev–Trinajstić information content (AvgIpc) is 2.54. The lowest BCUT2D eigenvalue weighted by molar-refractivity contribution is 0.677. The molecule has 0 spiro atoms. The van der Waals surface area contributed by atoms with Gasteiger partial charge in [-0.15, -0.1) is 0 Å². The van der Waals surface area contributed by atoms with Gasteiger partial charge in [-0.2, -0.15) is 5.10 Å². The second kappa shape index (κ2) is 4.55. The fourth-order valence-corrected chi connectivity index (χ4v) is 2.45. The first-order chi connectivity index (χ1) is 7.61. The smallest absolute Gasteiger partial charge is 0.135 e. The van der Waals surface area contributed by atoms with Crippen molar-refractivity contribution in [1.82, 2.24) is 9.78 Å². The van der Waals surface area contributed by atoms with Gasteiger partial charge in [0.25, 0.3) is 0 Å². The highest BCUT2D eigenvalue weighted by Crippen LogP contribution is 2.24. The SMILES string of the molecule is CCn1nc(Br)c2ccc(CC(C)N)cc21. The second-order valence-electron chi connectivity index (χ2n) is 4.14. The van der Waals surface area contributed by atoms with Crippen LogP contribution in [-0.2, 0) is 13.0 Å². The standard InChI is InChI=1S/C12H16BrN3/c1-3-16-11-7-9(6-8(2)14)4-5-10(11)12(13)15-16/h4-5,7-8H,3,6,14H2,1-2H3. The molecule has 0 bridgehead atoms. The van der Waals surface area contributed by atoms with E-state index in [0.29, 0.717) is 0 Å². The summed E-state index contributed by atoms with van der Waals surface area (Å²) in [5.74, 6) is 0. The van der Waals surface area contributed by atoms with E-state index in [1.165, 1.54) is 11.1 Å². The van der Waals surface area contributed by atoms with Gasteiger partial charge in [0.05, 0.1) is 5.52 Å². The van der Waals surface area contributed by atoms with E-state index >= 15 is 0 Å². The van der Waals surface area contributed by atoms with Gasteiger partial charge in [-0.1, -0.05) is 6.07 Å². The highest BCUT2D eigenvalue weighted by Gasteiger charge is 2.08. The van der Waals surface area contributed by atoms with Gasteiger partial charge >= 0.3 is 0 Å². The van der Waals surface area contributed by atoms with Crippen LogP contribution in [0, 0.1) is 0 Å². The van der Waals surface area contributed by atoms with E-state index in [0.717, 1.165) is 23.0 Å². The Morgan fingerprint density at radius 1 is 1.50 bits per heavy atom. The highest BCUT2D eigenvalue weighted by molar-refractivity contribution is 9.10. The maximum atomic E-state index is 5.81. The van der Waals surface area contributed by atoms with Crippen LogP contribution in [0.3, 0.4) is 0 Å². The molecule has 1 aromatic carbocycles. The Kier molecular flexibility index (Phi) is 3.30. The number of benzene rings is 1. The number of aryl methyl sites for hydroxylation is 1. The third-order valence-corrected chi connectivity index (χ3v) is 3.21. The van der Waals surface area contributed by atoms with E-state index in [1.807, 2.05) is 11.6 Å². The fraction of sp³-hybridized carbons (Fsp3) is 0.417. The molecule has 1 atom stereocenters. The van der Waals surface area contributed by atoms with Crippen molar-refractivity contribution in [3.63, 3.8) is 0 Å². The predicted molar refractivity (Wildman–Crippen MR) is 70.5 cm³/mol. The van der Waals surface area contributed by atoms with Crippen LogP contribution in [-0.4, -0.2) is 15.8 Å². The molecule has 16 heavy (non-hydrogen) atoms. The Labute approximate surface area is 104 Å². The molecule has 0 fully saturated rings. The summed E-state index contributed by atoms with van der Waals surface area (Å²) < 4.78 is 2.92. The zero-order valence-corrected chi connectivity index (χ0v) is 11.2. The monoisotopic (exact) mass is 281 g/mol. The molecule has 3 nitrogen and oxygen atoms in total. The van der Waals surface area contributed by atoms with E-state index in [1.54, 1.807) is 0 Å². The van der Waals surface area contributed by atoms with E-state index < -0.39 is 0 Å². The van der Waals surface area contributed by atoms with Crippen molar-refractivity contribution in [2.24, 2.45) is 5.73 Å². The number of nitrogens with zero attached hydrogens (tertiary/aromatic N) is 2. The van der Waals surface area contributed by atoms with Crippen molar-refractivity contribution in [3.8, 4) is 0 Å². The predicted octanol–water partition coefficient (Wildman–Crippen LogP) is 2.71. The first-order valence-corrected chi connectivity index (χ1v) is 6.31. The van der Waals surface area contributed by atoms with E-state index in [2.05, 4.69) is 46.2 Å². The highest BCUT2D eigenvalue weighted by atomic mass is 79.9. The van der Waals surface area contributed by atoms with Crippen LogP contribution in [0.25, 0.3) is 10.9 Å². The van der Waals surface area contributed by atoms with Crippen LogP contribution in [0.15, 0.2) is 22.8 Å². The molecule has 86 valence electrons. The Morgan fingerprint density at radius 2 is 2.25 bits per heavy atom. The van der Waals surface area contributed by atoms with Gasteiger partial charge in [0.1, 0.15) is 4.60 Å². The molecule has 2 rings (SSSR count). The van der Waals surface area contributed by atoms with Crippen LogP contribution in [0.2, 0.25) is 0 Å². The molecule has 0 saturated carbocycles. The summed E-state index contributed by atoms with van der Waals surface area (Å²) in [5, 5.41) is 5.59. The van der Waals surface area contributed by atoms with Crippen molar-refractivity contribution in [2.75, 3.05) is 0 Å². The van der Waals surface area contributed by atoms with Crippen LogP contribution < -0.4 is 5.73 Å². The van der Waals surface area contributed by atoms with Crippen molar-refractivity contribution >= 4 is 26.8 Å². The Bertz CT molecular complexity index is 502. The van der Waals surface area contributed by atoms with E-state index in [-0.39, 0.29) is 6.04 Å². The quantitative estimate of drug-likeness (QED) is 0.940. The maximum absolute atomic E-state index is 5.81. The molecule has 0 amide bonds. The summed E-state index contributed by atoms with van der Waals surface area (Å²) in [5.41, 5.74) is 8.25. The molecule has 1 heterocycles. The van der Waals surface area contributed by atoms with Crippen LogP contribution in [0.1, 0.15) is 19.4 Å². The largest absolute Gasteiger partial charge is 0.328 e. The van der Waals surface area contributed by atoms with Crippen molar-refractivity contribution < 1.29 is 0 Å². The summed E-state index contributed by atoms with van der Waals surface area (Å²) in [7, 11) is 0. The minimum absolute atomic E-state index is 0.193. The molecule has 0 aliphatic rings. The summed E-state index contributed by atoms with van der Waals surface area (Å²) >= 11 is 3.48. The molecule has 0 aliphatic carbocycles. The van der Waals surface area contributed by atoms with Crippen molar-refractivity contribution in [3.05, 3.63) is 28.4 Å². The first kappa shape index (κ1) is 11.6. The molecular weight excluding hydrogens is 266 g/mol. The van der Waals surface area contributed by atoms with E-state index in [4.69, 9.17) is 5.73 Å². The van der Waals surface area contributed by atoms with Crippen molar-refractivity contribution in [1.29, 1.82) is 0 Å². The molecule has 0 saturated heterocycles. The Hall–Kier alpha value is -0.870. The lowest BCUT2D eigenvalue weighted by Crippen LogP contribution is -2.17. The molecule has 2 aromatic rings. The van der Waals surface area contributed by atoms with Crippen LogP contribution in [0.5, 0.6) is 0 Å². The summed E-state index contributed by atoms with van der Waals surface area (Å²) in [6, 6.07) is 6.60. The molecule has 0 radical (unpaired) electrons. The number of rotatable bonds is 3. The number of fused-ring (bicyclic) bond motifs is 1. The topological polar surface area (TPSA) is 43.8 Å². The zero-order valence-electron chi connectivity index (χ0n) is 9.57. The lowest BCUT2D eigenvalue weighted by Gasteiger charge is -2.06. The normalized spacial score (nSPS) is 13.2. The lowest BCUT2D eigenvalue weighted by atomic mass is 10.1. The first-order valence-electron chi connectivity index (χ1n) is 5.52. The minimum atomic E-state index is 0.193. The third kappa shape index (κ3) is 2.13. The fourth-order valence-electron chi connectivity index (χ4n) is 1.92. The van der Waals surface area contributed by atoms with Gasteiger partial charge in [0, 0.05) is 18.0 Å². The van der Waals surface area contributed by atoms with Crippen LogP contribution >= 0.6 is 15.9 Å². The summed E-state index contributed by atoms with van der Waals surface area (Å²) in [6.07, 6.45) is 0.905. The Balaban J connectivity index is 2.51. The second-order valence-corrected chi connectivity index (χ2v) is 4.89. The number of nitrogens with two attached hydrogens (primary N) is 1. The number of hydrogen-bond donors (Lipinski definition) is 1. The Morgan fingerprint density at radius 3 is 2.88 bits per heavy atom. The molecule has 1 unspecified atom stereocenters. The molecule has 1 aromatic heterocycles. The molecular formula is C12H16BrN3. The zero-order chi connectivity index (χ0) is 11.7. The number of hydrogen-bond acceptors (Lipinski definition) is 2. The van der Waals surface area contributed by atoms with Gasteiger partial charge < -0.3 is 5.73 Å². The van der Waals surface area contributed by atoms with Gasteiger partial charge in [0.2, 0.25) is 0 Å². The maximum Gasteiger partial charge on any atom is 0.135 e. The van der Waals surface area contributed by atoms with Gasteiger partial charge in [0.15, 0.2) is 0 Å². The van der Waals surface area contributed by atoms with Gasteiger partial charge in [-0.05, 0) is 53.9 Å². The summed E-state index contributed by atoms with van der Waals surface area (Å²) in [6.45, 7) is 5.00. The summed E-state index contributed by atoms with van der Waals surface area (Å²) in [4.78, 5) is 0. The molecule has 2 N–H and O–H groups in total. The molecule has 0 aliphatic heterocycles. The number of aromatic nitrogens is 2. The van der Waals surface area contributed by atoms with E-state index in [9.17, 15) is 0 Å². The number of halogens is 1. The molecule has 4 heteroatoms. The average molecular weight is 282 g/mol. The van der Waals surface area contributed by atoms with Crippen LogP contribution in [0.4, 0.5) is 0 Å². The third-order valence-electron chi connectivity index (χ3n) is 2.63. The minimum Gasteiger partial charge on any atom is -0.328 e. The van der Waals surface area contributed by atoms with Gasteiger partial charge in [-0.25, -0.2) is 0 Å². The van der Waals surface area contributed by atoms with Gasteiger partial charge in [-0.3, -0.25) is 4.68 Å². The van der Waals surface area contributed by atoms with Crippen molar-refractivity contribution in [2.45, 2.75) is 32.9 Å².